The van der Waals surface area contributed by atoms with Gasteiger partial charge in [0.25, 0.3) is 0 Å². The molecule has 2 aromatic heterocycles. The summed E-state index contributed by atoms with van der Waals surface area (Å²) < 4.78 is 5.04. The Morgan fingerprint density at radius 1 is 1.50 bits per heavy atom. The van der Waals surface area contributed by atoms with Gasteiger partial charge >= 0.3 is 5.97 Å². The molecule has 0 saturated heterocycles. The van der Waals surface area contributed by atoms with E-state index in [-0.39, 0.29) is 5.69 Å². The fourth-order valence-electron chi connectivity index (χ4n) is 1.71. The average Bonchev–Trinajstić information content (AvgIpc) is 2.90. The Hall–Kier alpha value is -2.15. The van der Waals surface area contributed by atoms with Crippen molar-refractivity contribution in [2.24, 2.45) is 0 Å². The zero-order chi connectivity index (χ0) is 13.1. The van der Waals surface area contributed by atoms with Crippen LogP contribution in [0, 0.1) is 13.8 Å². The summed E-state index contributed by atoms with van der Waals surface area (Å²) in [5, 5.41) is 22.1. The van der Waals surface area contributed by atoms with Crippen LogP contribution in [0.2, 0.25) is 0 Å². The third-order valence-corrected chi connectivity index (χ3v) is 2.73. The molecule has 0 atom stereocenters. The smallest absolute Gasteiger partial charge is 0.354 e. The number of nitrogens with zero attached hydrogens (tertiary/aromatic N) is 2. The van der Waals surface area contributed by atoms with E-state index in [1.54, 1.807) is 0 Å². The number of aromatic carboxylic acids is 1. The molecule has 2 aromatic rings. The van der Waals surface area contributed by atoms with Crippen molar-refractivity contribution in [1.29, 1.82) is 0 Å². The van der Waals surface area contributed by atoms with Gasteiger partial charge in [0.15, 0.2) is 0 Å². The molecule has 7 heteroatoms. The second kappa shape index (κ2) is 5.01. The van der Waals surface area contributed by atoms with Crippen LogP contribution in [-0.4, -0.2) is 26.4 Å². The summed E-state index contributed by atoms with van der Waals surface area (Å²) in [5.41, 5.74) is 2.57. The molecule has 2 rings (SSSR count). The first-order valence-corrected chi connectivity index (χ1v) is 5.47. The lowest BCUT2D eigenvalue weighted by atomic mass is 10.2. The molecular weight excluding hydrogens is 236 g/mol. The Morgan fingerprint density at radius 3 is 2.89 bits per heavy atom. The highest BCUT2D eigenvalue weighted by Gasteiger charge is 2.13. The molecule has 0 radical (unpaired) electrons. The van der Waals surface area contributed by atoms with Gasteiger partial charge < -0.3 is 14.9 Å². The summed E-state index contributed by atoms with van der Waals surface area (Å²) in [6.07, 6.45) is 1.50. The summed E-state index contributed by atoms with van der Waals surface area (Å²) in [7, 11) is 0. The largest absolute Gasteiger partial charge is 0.477 e. The van der Waals surface area contributed by atoms with Crippen molar-refractivity contribution in [2.75, 3.05) is 0 Å². The monoisotopic (exact) mass is 250 g/mol. The van der Waals surface area contributed by atoms with Gasteiger partial charge in [-0.05, 0) is 13.8 Å². The average molecular weight is 250 g/mol. The third-order valence-electron chi connectivity index (χ3n) is 2.73. The Kier molecular flexibility index (Phi) is 3.42. The van der Waals surface area contributed by atoms with E-state index in [1.165, 1.54) is 6.20 Å². The Bertz CT molecular complexity index is 539. The number of nitrogens with one attached hydrogen (secondary N) is 2. The van der Waals surface area contributed by atoms with Gasteiger partial charge in [-0.25, -0.2) is 4.79 Å². The maximum atomic E-state index is 10.9. The Balaban J connectivity index is 1.97. The van der Waals surface area contributed by atoms with Crippen molar-refractivity contribution >= 4 is 5.97 Å². The Morgan fingerprint density at radius 2 is 2.28 bits per heavy atom. The van der Waals surface area contributed by atoms with E-state index in [0.717, 1.165) is 17.0 Å². The molecule has 7 nitrogen and oxygen atoms in total. The first-order valence-electron chi connectivity index (χ1n) is 5.47. The molecule has 0 unspecified atom stereocenters. The van der Waals surface area contributed by atoms with E-state index in [2.05, 4.69) is 20.7 Å². The van der Waals surface area contributed by atoms with E-state index in [1.807, 2.05) is 13.8 Å². The van der Waals surface area contributed by atoms with Crippen LogP contribution in [0.4, 0.5) is 0 Å². The molecule has 2 heterocycles. The molecule has 0 bridgehead atoms. The predicted molar refractivity (Wildman–Crippen MR) is 62.1 cm³/mol. The molecule has 18 heavy (non-hydrogen) atoms. The summed E-state index contributed by atoms with van der Waals surface area (Å²) in [5.74, 6) is -0.243. The zero-order valence-electron chi connectivity index (χ0n) is 10.1. The fourth-order valence-corrected chi connectivity index (χ4v) is 1.71. The van der Waals surface area contributed by atoms with Crippen LogP contribution in [0.5, 0.6) is 0 Å². The molecule has 3 N–H and O–H groups in total. The van der Waals surface area contributed by atoms with Gasteiger partial charge in [-0.3, -0.25) is 5.10 Å². The van der Waals surface area contributed by atoms with Crippen LogP contribution in [-0.2, 0) is 13.1 Å². The van der Waals surface area contributed by atoms with Crippen LogP contribution in [0.25, 0.3) is 0 Å². The van der Waals surface area contributed by atoms with E-state index in [4.69, 9.17) is 9.63 Å². The number of carboxylic acids is 1. The van der Waals surface area contributed by atoms with E-state index in [9.17, 15) is 4.79 Å². The fraction of sp³-hybridized carbons (Fsp3) is 0.364. The van der Waals surface area contributed by atoms with Crippen molar-refractivity contribution in [3.63, 3.8) is 0 Å². The number of carbonyl (C=O) groups is 1. The highest BCUT2D eigenvalue weighted by molar-refractivity contribution is 5.86. The normalized spacial score (nSPS) is 10.8. The lowest BCUT2D eigenvalue weighted by molar-refractivity contribution is 0.0689. The molecule has 96 valence electrons. The van der Waals surface area contributed by atoms with Gasteiger partial charge in [-0.15, -0.1) is 0 Å². The number of aromatic amines is 1. The van der Waals surface area contributed by atoms with Crippen molar-refractivity contribution in [1.82, 2.24) is 20.7 Å². The minimum Gasteiger partial charge on any atom is -0.477 e. The molecule has 0 aromatic carbocycles. The van der Waals surface area contributed by atoms with Gasteiger partial charge in [-0.1, -0.05) is 5.16 Å². The number of aryl methyl sites for hydroxylation is 2. The zero-order valence-corrected chi connectivity index (χ0v) is 10.1. The SMILES string of the molecule is Cc1noc(C)c1CNCc1cn[nH]c1C(=O)O. The molecule has 0 saturated carbocycles. The second-order valence-electron chi connectivity index (χ2n) is 3.98. The van der Waals surface area contributed by atoms with E-state index < -0.39 is 5.97 Å². The molecule has 0 aliphatic heterocycles. The lowest BCUT2D eigenvalue weighted by Gasteiger charge is -2.03. The minimum absolute atomic E-state index is 0.112. The molecule has 0 fully saturated rings. The van der Waals surface area contributed by atoms with Crippen molar-refractivity contribution in [3.05, 3.63) is 34.5 Å². The molecule has 0 aliphatic rings. The summed E-state index contributed by atoms with van der Waals surface area (Å²) in [4.78, 5) is 10.9. The molecule has 0 amide bonds. The molecule has 0 aliphatic carbocycles. The highest BCUT2D eigenvalue weighted by atomic mass is 16.5. The topological polar surface area (TPSA) is 104 Å². The van der Waals surface area contributed by atoms with Crippen molar-refractivity contribution in [2.45, 2.75) is 26.9 Å². The standard InChI is InChI=1S/C11H14N4O3/c1-6-9(7(2)18-15-6)5-12-3-8-4-13-14-10(8)11(16)17/h4,12H,3,5H2,1-2H3,(H,13,14)(H,16,17). The third kappa shape index (κ3) is 2.40. The number of rotatable bonds is 5. The summed E-state index contributed by atoms with van der Waals surface area (Å²) in [6, 6.07) is 0. The quantitative estimate of drug-likeness (QED) is 0.731. The maximum absolute atomic E-state index is 10.9. The Labute approximate surface area is 103 Å². The number of hydrogen-bond donors (Lipinski definition) is 3. The van der Waals surface area contributed by atoms with Gasteiger partial charge in [-0.2, -0.15) is 5.10 Å². The number of aromatic nitrogens is 3. The molecular formula is C11H14N4O3. The second-order valence-corrected chi connectivity index (χ2v) is 3.98. The lowest BCUT2D eigenvalue weighted by Crippen LogP contribution is -2.15. The van der Waals surface area contributed by atoms with E-state index in [0.29, 0.717) is 18.7 Å². The summed E-state index contributed by atoms with van der Waals surface area (Å²) >= 11 is 0. The van der Waals surface area contributed by atoms with Crippen LogP contribution < -0.4 is 5.32 Å². The van der Waals surface area contributed by atoms with Crippen LogP contribution in [0.15, 0.2) is 10.7 Å². The predicted octanol–water partition coefficient (Wildman–Crippen LogP) is 1.00. The number of hydrogen-bond acceptors (Lipinski definition) is 5. The first kappa shape index (κ1) is 12.3. The van der Waals surface area contributed by atoms with Gasteiger partial charge in [0.2, 0.25) is 0 Å². The summed E-state index contributed by atoms with van der Waals surface area (Å²) in [6.45, 7) is 4.71. The van der Waals surface area contributed by atoms with Gasteiger partial charge in [0.05, 0.1) is 11.9 Å². The van der Waals surface area contributed by atoms with Crippen LogP contribution in [0.1, 0.15) is 33.1 Å². The number of H-pyrrole nitrogens is 1. The van der Waals surface area contributed by atoms with Gasteiger partial charge in [0, 0.05) is 24.2 Å². The maximum Gasteiger partial charge on any atom is 0.354 e. The minimum atomic E-state index is -1.01. The molecule has 0 spiro atoms. The van der Waals surface area contributed by atoms with Crippen LogP contribution >= 0.6 is 0 Å². The van der Waals surface area contributed by atoms with Gasteiger partial charge in [0.1, 0.15) is 11.5 Å². The number of carboxylic acid groups (broad SMARTS) is 1. The van der Waals surface area contributed by atoms with Crippen molar-refractivity contribution in [3.8, 4) is 0 Å². The highest BCUT2D eigenvalue weighted by Crippen LogP contribution is 2.12. The van der Waals surface area contributed by atoms with Crippen LogP contribution in [0.3, 0.4) is 0 Å². The van der Waals surface area contributed by atoms with Crippen molar-refractivity contribution < 1.29 is 14.4 Å². The first-order chi connectivity index (χ1) is 8.59. The van der Waals surface area contributed by atoms with E-state index >= 15 is 0 Å².